The van der Waals surface area contributed by atoms with Gasteiger partial charge in [0.25, 0.3) is 5.91 Å². The van der Waals surface area contributed by atoms with Crippen LogP contribution in [0.15, 0.2) is 114 Å². The lowest BCUT2D eigenvalue weighted by atomic mass is 10.1. The van der Waals surface area contributed by atoms with E-state index in [2.05, 4.69) is 5.32 Å². The molecule has 0 spiro atoms. The third-order valence-corrected chi connectivity index (χ3v) is 5.14. The van der Waals surface area contributed by atoms with Crippen LogP contribution in [0.25, 0.3) is 11.0 Å². The van der Waals surface area contributed by atoms with Crippen LogP contribution in [0.1, 0.15) is 16.1 Å². The standard InChI is InChI=1S/C28H21NO4/c30-28(29-24-16-8-10-18-26(24)32-21-13-5-2-6-14-21)27-23(19-31-20-11-3-1-4-12-20)22-15-7-9-17-25(22)33-27/h1-18H,19H2,(H,29,30). The zero-order chi connectivity index (χ0) is 22.5. The number of amides is 1. The molecular formula is C28H21NO4. The second kappa shape index (κ2) is 9.32. The van der Waals surface area contributed by atoms with Gasteiger partial charge in [0.2, 0.25) is 0 Å². The fourth-order valence-corrected chi connectivity index (χ4v) is 3.55. The first-order chi connectivity index (χ1) is 16.3. The summed E-state index contributed by atoms with van der Waals surface area (Å²) in [6.07, 6.45) is 0. The fourth-order valence-electron chi connectivity index (χ4n) is 3.55. The molecule has 0 unspecified atom stereocenters. The normalized spacial score (nSPS) is 10.7. The summed E-state index contributed by atoms with van der Waals surface area (Å²) in [5.74, 6) is 1.77. The number of carbonyl (C=O) groups is 1. The van der Waals surface area contributed by atoms with Crippen LogP contribution in [0.5, 0.6) is 17.2 Å². The highest BCUT2D eigenvalue weighted by Crippen LogP contribution is 2.32. The summed E-state index contributed by atoms with van der Waals surface area (Å²) < 4.78 is 17.9. The summed E-state index contributed by atoms with van der Waals surface area (Å²) in [6.45, 7) is 0.200. The number of rotatable bonds is 7. The Labute approximate surface area is 191 Å². The molecule has 0 radical (unpaired) electrons. The monoisotopic (exact) mass is 435 g/mol. The molecular weight excluding hydrogens is 414 g/mol. The lowest BCUT2D eigenvalue weighted by Crippen LogP contribution is -2.14. The van der Waals surface area contributed by atoms with Gasteiger partial charge in [0.15, 0.2) is 11.5 Å². The van der Waals surface area contributed by atoms with Crippen molar-refractivity contribution in [2.45, 2.75) is 6.61 Å². The number of benzene rings is 4. The summed E-state index contributed by atoms with van der Waals surface area (Å²) in [6, 6.07) is 33.7. The van der Waals surface area contributed by atoms with E-state index in [-0.39, 0.29) is 18.3 Å². The van der Waals surface area contributed by atoms with Crippen molar-refractivity contribution in [1.82, 2.24) is 0 Å². The molecule has 162 valence electrons. The molecule has 1 N–H and O–H groups in total. The minimum atomic E-state index is -0.373. The van der Waals surface area contributed by atoms with Gasteiger partial charge in [-0.15, -0.1) is 0 Å². The predicted octanol–water partition coefficient (Wildman–Crippen LogP) is 7.06. The van der Waals surface area contributed by atoms with E-state index >= 15 is 0 Å². The topological polar surface area (TPSA) is 60.7 Å². The maximum absolute atomic E-state index is 13.3. The van der Waals surface area contributed by atoms with E-state index < -0.39 is 0 Å². The van der Waals surface area contributed by atoms with Crippen molar-refractivity contribution in [2.24, 2.45) is 0 Å². The Kier molecular flexibility index (Phi) is 5.76. The summed E-state index contributed by atoms with van der Waals surface area (Å²) >= 11 is 0. The molecule has 0 bridgehead atoms. The Morgan fingerprint density at radius 1 is 0.727 bits per heavy atom. The van der Waals surface area contributed by atoms with Gasteiger partial charge < -0.3 is 19.2 Å². The molecule has 1 aromatic heterocycles. The van der Waals surface area contributed by atoms with E-state index in [9.17, 15) is 4.79 Å². The molecule has 0 saturated heterocycles. The van der Waals surface area contributed by atoms with Crippen molar-refractivity contribution in [3.05, 3.63) is 121 Å². The minimum Gasteiger partial charge on any atom is -0.489 e. The van der Waals surface area contributed by atoms with Gasteiger partial charge in [0, 0.05) is 10.9 Å². The second-order valence-electron chi connectivity index (χ2n) is 7.37. The third kappa shape index (κ3) is 4.57. The highest BCUT2D eigenvalue weighted by Gasteiger charge is 2.22. The Hall–Kier alpha value is -4.51. The van der Waals surface area contributed by atoms with Crippen molar-refractivity contribution < 1.29 is 18.7 Å². The van der Waals surface area contributed by atoms with Crippen LogP contribution >= 0.6 is 0 Å². The van der Waals surface area contributed by atoms with Gasteiger partial charge in [-0.1, -0.05) is 66.7 Å². The first kappa shape index (κ1) is 20.4. The van der Waals surface area contributed by atoms with Crippen LogP contribution < -0.4 is 14.8 Å². The average Bonchev–Trinajstić information content (AvgIpc) is 3.24. The number of hydrogen-bond acceptors (Lipinski definition) is 4. The first-order valence-electron chi connectivity index (χ1n) is 10.6. The fraction of sp³-hybridized carbons (Fsp3) is 0.0357. The molecule has 5 aromatic rings. The molecule has 5 heteroatoms. The van der Waals surface area contributed by atoms with E-state index in [1.807, 2.05) is 97.1 Å². The van der Waals surface area contributed by atoms with Crippen LogP contribution in [-0.4, -0.2) is 5.91 Å². The van der Waals surface area contributed by atoms with Crippen LogP contribution in [0.4, 0.5) is 5.69 Å². The van der Waals surface area contributed by atoms with Crippen molar-refractivity contribution in [1.29, 1.82) is 0 Å². The van der Waals surface area contributed by atoms with Crippen molar-refractivity contribution in [2.75, 3.05) is 5.32 Å². The highest BCUT2D eigenvalue weighted by molar-refractivity contribution is 6.07. The van der Waals surface area contributed by atoms with E-state index in [1.165, 1.54) is 0 Å². The molecule has 1 heterocycles. The predicted molar refractivity (Wildman–Crippen MR) is 128 cm³/mol. The Bertz CT molecular complexity index is 1380. The Morgan fingerprint density at radius 2 is 1.36 bits per heavy atom. The first-order valence-corrected chi connectivity index (χ1v) is 10.6. The average molecular weight is 435 g/mol. The number of ether oxygens (including phenoxy) is 2. The Morgan fingerprint density at radius 3 is 2.15 bits per heavy atom. The largest absolute Gasteiger partial charge is 0.489 e. The molecule has 0 fully saturated rings. The summed E-state index contributed by atoms with van der Waals surface area (Å²) in [7, 11) is 0. The number of anilines is 1. The van der Waals surface area contributed by atoms with Gasteiger partial charge >= 0.3 is 0 Å². The molecule has 0 aliphatic rings. The quantitative estimate of drug-likeness (QED) is 0.297. The number of carbonyl (C=O) groups excluding carboxylic acids is 1. The maximum atomic E-state index is 13.3. The van der Waals surface area contributed by atoms with E-state index in [0.29, 0.717) is 28.3 Å². The zero-order valence-electron chi connectivity index (χ0n) is 17.7. The van der Waals surface area contributed by atoms with Gasteiger partial charge in [-0.05, 0) is 42.5 Å². The van der Waals surface area contributed by atoms with Gasteiger partial charge in [-0.2, -0.15) is 0 Å². The van der Waals surface area contributed by atoms with Gasteiger partial charge in [-0.3, -0.25) is 4.79 Å². The van der Waals surface area contributed by atoms with Crippen LogP contribution in [0.2, 0.25) is 0 Å². The molecule has 33 heavy (non-hydrogen) atoms. The third-order valence-electron chi connectivity index (χ3n) is 5.14. The number of fused-ring (bicyclic) bond motifs is 1. The van der Waals surface area contributed by atoms with E-state index in [4.69, 9.17) is 13.9 Å². The lowest BCUT2D eigenvalue weighted by Gasteiger charge is -2.12. The molecule has 5 rings (SSSR count). The van der Waals surface area contributed by atoms with Crippen LogP contribution in [0, 0.1) is 0 Å². The number of nitrogens with one attached hydrogen (secondary N) is 1. The van der Waals surface area contributed by atoms with Crippen LogP contribution in [0.3, 0.4) is 0 Å². The summed E-state index contributed by atoms with van der Waals surface area (Å²) in [4.78, 5) is 13.3. The second-order valence-corrected chi connectivity index (χ2v) is 7.37. The van der Waals surface area contributed by atoms with Gasteiger partial charge in [0.05, 0.1) is 5.69 Å². The van der Waals surface area contributed by atoms with Crippen LogP contribution in [-0.2, 0) is 6.61 Å². The highest BCUT2D eigenvalue weighted by atomic mass is 16.5. The van der Waals surface area contributed by atoms with E-state index in [1.54, 1.807) is 12.1 Å². The lowest BCUT2D eigenvalue weighted by molar-refractivity contribution is 0.0995. The number of para-hydroxylation sites is 5. The molecule has 0 atom stereocenters. The molecule has 0 saturated carbocycles. The molecule has 4 aromatic carbocycles. The zero-order valence-corrected chi connectivity index (χ0v) is 17.7. The summed E-state index contributed by atoms with van der Waals surface area (Å²) in [5.41, 5.74) is 1.86. The smallest absolute Gasteiger partial charge is 0.291 e. The summed E-state index contributed by atoms with van der Waals surface area (Å²) in [5, 5.41) is 3.77. The molecule has 0 aliphatic heterocycles. The molecule has 5 nitrogen and oxygen atoms in total. The molecule has 1 amide bonds. The number of furan rings is 1. The van der Waals surface area contributed by atoms with Crippen molar-refractivity contribution in [3.8, 4) is 17.2 Å². The van der Waals surface area contributed by atoms with Gasteiger partial charge in [0.1, 0.15) is 23.7 Å². The van der Waals surface area contributed by atoms with Gasteiger partial charge in [-0.25, -0.2) is 0 Å². The molecule has 0 aliphatic carbocycles. The van der Waals surface area contributed by atoms with Crippen molar-refractivity contribution >= 4 is 22.6 Å². The SMILES string of the molecule is O=C(Nc1ccccc1Oc1ccccc1)c1oc2ccccc2c1COc1ccccc1. The number of hydrogen-bond donors (Lipinski definition) is 1. The Balaban J connectivity index is 1.43. The minimum absolute atomic E-state index is 0.200. The van der Waals surface area contributed by atoms with Crippen molar-refractivity contribution in [3.63, 3.8) is 0 Å². The maximum Gasteiger partial charge on any atom is 0.291 e. The van der Waals surface area contributed by atoms with E-state index in [0.717, 1.165) is 11.1 Å².